The number of nitro benzene ring substituents is 1. The third-order valence-electron chi connectivity index (χ3n) is 4.12. The number of nitrogens with one attached hydrogen (secondary N) is 1. The molecule has 0 heterocycles. The zero-order valence-electron chi connectivity index (χ0n) is 13.1. The van der Waals surface area contributed by atoms with Gasteiger partial charge in [-0.3, -0.25) is 14.9 Å². The third-order valence-corrected chi connectivity index (χ3v) is 4.12. The van der Waals surface area contributed by atoms with Crippen molar-refractivity contribution in [3.63, 3.8) is 0 Å². The first-order chi connectivity index (χ1) is 11.6. The van der Waals surface area contributed by atoms with E-state index in [-0.39, 0.29) is 24.2 Å². The molecule has 1 unspecified atom stereocenters. The molecule has 0 bridgehead atoms. The van der Waals surface area contributed by atoms with Crippen LogP contribution in [0.15, 0.2) is 48.5 Å². The van der Waals surface area contributed by atoms with Crippen molar-refractivity contribution in [1.82, 2.24) is 5.32 Å². The highest BCUT2D eigenvalue weighted by Crippen LogP contribution is 2.29. The molecule has 0 radical (unpaired) electrons. The summed E-state index contributed by atoms with van der Waals surface area (Å²) in [6.45, 7) is -0.115. The van der Waals surface area contributed by atoms with E-state index in [2.05, 4.69) is 17.4 Å². The van der Waals surface area contributed by atoms with E-state index in [0.29, 0.717) is 5.75 Å². The lowest BCUT2D eigenvalue weighted by atomic mass is 9.88. The molecule has 1 atom stereocenters. The zero-order chi connectivity index (χ0) is 16.9. The number of hydrogen-bond acceptors (Lipinski definition) is 4. The Balaban J connectivity index is 1.56. The van der Waals surface area contributed by atoms with Crippen molar-refractivity contribution in [3.05, 3.63) is 69.8 Å². The molecule has 0 spiro atoms. The van der Waals surface area contributed by atoms with Crippen molar-refractivity contribution >= 4 is 11.6 Å². The fraction of sp³-hybridized carbons (Fsp3) is 0.278. The number of hydrogen-bond donors (Lipinski definition) is 1. The van der Waals surface area contributed by atoms with E-state index in [1.54, 1.807) is 0 Å². The van der Waals surface area contributed by atoms with Gasteiger partial charge in [-0.05, 0) is 42.5 Å². The van der Waals surface area contributed by atoms with E-state index in [0.717, 1.165) is 19.3 Å². The Labute approximate surface area is 139 Å². The molecule has 24 heavy (non-hydrogen) atoms. The van der Waals surface area contributed by atoms with E-state index in [4.69, 9.17) is 4.74 Å². The molecule has 0 saturated carbocycles. The van der Waals surface area contributed by atoms with Gasteiger partial charge in [0, 0.05) is 12.1 Å². The number of fused-ring (bicyclic) bond motifs is 1. The number of aryl methyl sites for hydroxylation is 1. The molecule has 0 fully saturated rings. The Morgan fingerprint density at radius 1 is 1.21 bits per heavy atom. The largest absolute Gasteiger partial charge is 0.484 e. The van der Waals surface area contributed by atoms with E-state index in [1.165, 1.54) is 35.4 Å². The minimum Gasteiger partial charge on any atom is -0.484 e. The smallest absolute Gasteiger partial charge is 0.269 e. The molecule has 2 aromatic carbocycles. The maximum atomic E-state index is 12.1. The van der Waals surface area contributed by atoms with E-state index in [9.17, 15) is 14.9 Å². The van der Waals surface area contributed by atoms with Gasteiger partial charge in [-0.2, -0.15) is 0 Å². The van der Waals surface area contributed by atoms with Gasteiger partial charge in [0.05, 0.1) is 11.0 Å². The number of nitrogens with zero attached hydrogens (tertiary/aromatic N) is 1. The first kappa shape index (κ1) is 16.0. The van der Waals surface area contributed by atoms with Crippen molar-refractivity contribution in [3.8, 4) is 5.75 Å². The topological polar surface area (TPSA) is 81.5 Å². The number of ether oxygens (including phenoxy) is 1. The van der Waals surface area contributed by atoms with Gasteiger partial charge in [-0.15, -0.1) is 0 Å². The molecule has 1 amide bonds. The highest BCUT2D eigenvalue weighted by molar-refractivity contribution is 5.78. The van der Waals surface area contributed by atoms with Crippen LogP contribution in [0, 0.1) is 10.1 Å². The second-order valence-corrected chi connectivity index (χ2v) is 5.75. The lowest BCUT2D eigenvalue weighted by Crippen LogP contribution is -2.34. The Kier molecular flexibility index (Phi) is 4.74. The number of benzene rings is 2. The number of non-ortho nitro benzene ring substituents is 1. The van der Waals surface area contributed by atoms with Gasteiger partial charge in [0.2, 0.25) is 0 Å². The van der Waals surface area contributed by atoms with Gasteiger partial charge >= 0.3 is 0 Å². The van der Waals surface area contributed by atoms with Crippen molar-refractivity contribution in [2.45, 2.75) is 25.3 Å². The molecule has 0 aromatic heterocycles. The van der Waals surface area contributed by atoms with E-state index < -0.39 is 4.92 Å². The fourth-order valence-corrected chi connectivity index (χ4v) is 2.95. The Morgan fingerprint density at radius 3 is 2.71 bits per heavy atom. The molecule has 0 saturated heterocycles. The van der Waals surface area contributed by atoms with Crippen molar-refractivity contribution in [2.24, 2.45) is 0 Å². The molecule has 124 valence electrons. The predicted molar refractivity (Wildman–Crippen MR) is 88.9 cm³/mol. The van der Waals surface area contributed by atoms with Gasteiger partial charge in [-0.25, -0.2) is 0 Å². The highest BCUT2D eigenvalue weighted by Gasteiger charge is 2.21. The molecule has 6 nitrogen and oxygen atoms in total. The Bertz CT molecular complexity index is 743. The van der Waals surface area contributed by atoms with Crippen LogP contribution in [0.2, 0.25) is 0 Å². The van der Waals surface area contributed by atoms with Gasteiger partial charge in [0.25, 0.3) is 11.6 Å². The van der Waals surface area contributed by atoms with Crippen LogP contribution in [0.3, 0.4) is 0 Å². The first-order valence-corrected chi connectivity index (χ1v) is 7.88. The average molecular weight is 326 g/mol. The second-order valence-electron chi connectivity index (χ2n) is 5.75. The van der Waals surface area contributed by atoms with Gasteiger partial charge in [-0.1, -0.05) is 24.3 Å². The van der Waals surface area contributed by atoms with E-state index >= 15 is 0 Å². The number of rotatable bonds is 5. The Hall–Kier alpha value is -2.89. The summed E-state index contributed by atoms with van der Waals surface area (Å²) in [6, 6.07) is 13.8. The predicted octanol–water partition coefficient (Wildman–Crippen LogP) is 3.17. The van der Waals surface area contributed by atoms with Crippen molar-refractivity contribution < 1.29 is 14.5 Å². The van der Waals surface area contributed by atoms with Gasteiger partial charge in [0.15, 0.2) is 6.61 Å². The highest BCUT2D eigenvalue weighted by atomic mass is 16.6. The molecular weight excluding hydrogens is 308 g/mol. The zero-order valence-corrected chi connectivity index (χ0v) is 13.1. The normalized spacial score (nSPS) is 16.1. The van der Waals surface area contributed by atoms with Gasteiger partial charge in [0.1, 0.15) is 5.75 Å². The van der Waals surface area contributed by atoms with Crippen LogP contribution in [0.25, 0.3) is 0 Å². The molecule has 1 aliphatic carbocycles. The van der Waals surface area contributed by atoms with Crippen LogP contribution in [0.4, 0.5) is 5.69 Å². The van der Waals surface area contributed by atoms with Crippen molar-refractivity contribution in [1.29, 1.82) is 0 Å². The number of nitro groups is 1. The van der Waals surface area contributed by atoms with Crippen LogP contribution < -0.4 is 10.1 Å². The van der Waals surface area contributed by atoms with E-state index in [1.807, 2.05) is 12.1 Å². The lowest BCUT2D eigenvalue weighted by Gasteiger charge is -2.26. The summed E-state index contributed by atoms with van der Waals surface area (Å²) in [5.74, 6) is 0.231. The molecule has 2 aromatic rings. The van der Waals surface area contributed by atoms with Crippen LogP contribution in [0.5, 0.6) is 5.75 Å². The summed E-state index contributed by atoms with van der Waals surface area (Å²) < 4.78 is 5.40. The summed E-state index contributed by atoms with van der Waals surface area (Å²) in [5.41, 5.74) is 2.45. The third kappa shape index (κ3) is 3.71. The lowest BCUT2D eigenvalue weighted by molar-refractivity contribution is -0.384. The minimum absolute atomic E-state index is 0.00869. The minimum atomic E-state index is -0.475. The first-order valence-electron chi connectivity index (χ1n) is 7.88. The fourth-order valence-electron chi connectivity index (χ4n) is 2.95. The van der Waals surface area contributed by atoms with Crippen LogP contribution in [0.1, 0.15) is 30.0 Å². The number of amides is 1. The summed E-state index contributed by atoms with van der Waals surface area (Å²) in [5, 5.41) is 13.6. The average Bonchev–Trinajstić information content (AvgIpc) is 2.61. The number of carbonyl (C=O) groups is 1. The summed E-state index contributed by atoms with van der Waals surface area (Å²) in [7, 11) is 0. The maximum absolute atomic E-state index is 12.1. The SMILES string of the molecule is O=C(COc1ccc([N+](=O)[O-])cc1)NC1CCCc2ccccc21. The number of carbonyl (C=O) groups excluding carboxylic acids is 1. The van der Waals surface area contributed by atoms with Crippen LogP contribution >= 0.6 is 0 Å². The maximum Gasteiger partial charge on any atom is 0.269 e. The summed E-state index contributed by atoms with van der Waals surface area (Å²) in [4.78, 5) is 22.3. The second kappa shape index (κ2) is 7.12. The quantitative estimate of drug-likeness (QED) is 0.676. The van der Waals surface area contributed by atoms with Gasteiger partial charge < -0.3 is 10.1 Å². The molecule has 1 N–H and O–H groups in total. The van der Waals surface area contributed by atoms with Crippen LogP contribution in [-0.2, 0) is 11.2 Å². The molecule has 3 rings (SSSR count). The summed E-state index contributed by atoms with van der Waals surface area (Å²) in [6.07, 6.45) is 3.01. The molecular formula is C18H18N2O4. The standard InChI is InChI=1S/C18H18N2O4/c21-18(12-24-15-10-8-14(9-11-15)20(22)23)19-17-7-3-5-13-4-1-2-6-16(13)17/h1-2,4,6,8-11,17H,3,5,7,12H2,(H,19,21). The summed E-state index contributed by atoms with van der Waals surface area (Å²) >= 11 is 0. The molecule has 1 aliphatic rings. The molecule has 0 aliphatic heterocycles. The van der Waals surface area contributed by atoms with Crippen LogP contribution in [-0.4, -0.2) is 17.4 Å². The van der Waals surface area contributed by atoms with Crippen molar-refractivity contribution in [2.75, 3.05) is 6.61 Å². The Morgan fingerprint density at radius 2 is 1.96 bits per heavy atom. The molecule has 6 heteroatoms. The monoisotopic (exact) mass is 326 g/mol.